The Bertz CT molecular complexity index is 1570. The van der Waals surface area contributed by atoms with Crippen molar-refractivity contribution in [1.82, 2.24) is 39.3 Å². The summed E-state index contributed by atoms with van der Waals surface area (Å²) in [6, 6.07) is 11.0. The lowest BCUT2D eigenvalue weighted by atomic mass is 9.91. The Balaban J connectivity index is 1.32. The van der Waals surface area contributed by atoms with Gasteiger partial charge in [-0.2, -0.15) is 15.3 Å². The molecule has 0 bridgehead atoms. The Hall–Kier alpha value is -4.11. The van der Waals surface area contributed by atoms with E-state index >= 15 is 0 Å². The molecule has 0 saturated heterocycles. The van der Waals surface area contributed by atoms with Crippen LogP contribution in [0.1, 0.15) is 42.7 Å². The SMILES string of the molecule is COCCn1ccc(Cc2ncc3c(n2)-c2c(nn(C)c2-c2ccc(-c4cnn(C(C)C)c4)cc2)CC3)n1. The van der Waals surface area contributed by atoms with Crippen molar-refractivity contribution in [2.75, 3.05) is 13.7 Å². The number of fused-ring (bicyclic) bond motifs is 3. The van der Waals surface area contributed by atoms with Gasteiger partial charge in [0.25, 0.3) is 0 Å². The number of aryl methyl sites for hydroxylation is 3. The van der Waals surface area contributed by atoms with Crippen LogP contribution in [-0.4, -0.2) is 53.0 Å². The topological polar surface area (TPSA) is 88.5 Å². The fraction of sp³-hybridized carbons (Fsp3) is 0.345. The smallest absolute Gasteiger partial charge is 0.134 e. The first-order valence-corrected chi connectivity index (χ1v) is 13.1. The lowest BCUT2D eigenvalue weighted by molar-refractivity contribution is 0.183. The summed E-state index contributed by atoms with van der Waals surface area (Å²) in [5.74, 6) is 0.765. The third-order valence-corrected chi connectivity index (χ3v) is 7.08. The molecule has 4 heterocycles. The minimum Gasteiger partial charge on any atom is -0.383 e. The summed E-state index contributed by atoms with van der Waals surface area (Å²) in [5.41, 5.74) is 9.76. The predicted octanol–water partition coefficient (Wildman–Crippen LogP) is 4.52. The second-order valence-electron chi connectivity index (χ2n) is 10.1. The molecule has 0 atom stereocenters. The van der Waals surface area contributed by atoms with Crippen LogP contribution in [0, 0.1) is 0 Å². The third kappa shape index (κ3) is 4.54. The van der Waals surface area contributed by atoms with Crippen LogP contribution in [0.4, 0.5) is 0 Å². The normalized spacial score (nSPS) is 12.7. The van der Waals surface area contributed by atoms with E-state index in [1.807, 2.05) is 45.7 Å². The van der Waals surface area contributed by atoms with E-state index < -0.39 is 0 Å². The molecular weight excluding hydrogens is 476 g/mol. The zero-order chi connectivity index (χ0) is 26.2. The molecule has 5 aromatic rings. The van der Waals surface area contributed by atoms with Crippen LogP contribution in [0.5, 0.6) is 0 Å². The van der Waals surface area contributed by atoms with Crippen molar-refractivity contribution < 1.29 is 4.74 Å². The van der Waals surface area contributed by atoms with E-state index in [1.54, 1.807) is 7.11 Å². The maximum absolute atomic E-state index is 5.16. The van der Waals surface area contributed by atoms with Crippen LogP contribution in [0.25, 0.3) is 33.6 Å². The van der Waals surface area contributed by atoms with Crippen LogP contribution in [0.2, 0.25) is 0 Å². The second-order valence-corrected chi connectivity index (χ2v) is 10.1. The van der Waals surface area contributed by atoms with Gasteiger partial charge in [0, 0.05) is 55.5 Å². The first-order valence-electron chi connectivity index (χ1n) is 13.1. The quantitative estimate of drug-likeness (QED) is 0.306. The van der Waals surface area contributed by atoms with Crippen molar-refractivity contribution in [3.63, 3.8) is 0 Å². The molecular formula is C29H32N8O. The van der Waals surface area contributed by atoms with Crippen LogP contribution < -0.4 is 0 Å². The molecule has 1 aliphatic carbocycles. The molecule has 9 nitrogen and oxygen atoms in total. The summed E-state index contributed by atoms with van der Waals surface area (Å²) < 4.78 is 11.0. The highest BCUT2D eigenvalue weighted by Crippen LogP contribution is 2.39. The lowest BCUT2D eigenvalue weighted by Crippen LogP contribution is -2.09. The highest BCUT2D eigenvalue weighted by Gasteiger charge is 2.27. The number of methoxy groups -OCH3 is 1. The third-order valence-electron chi connectivity index (χ3n) is 7.08. The average molecular weight is 509 g/mol. The molecule has 38 heavy (non-hydrogen) atoms. The van der Waals surface area contributed by atoms with Gasteiger partial charge in [0.1, 0.15) is 5.82 Å². The minimum atomic E-state index is 0.335. The van der Waals surface area contributed by atoms with Gasteiger partial charge in [0.15, 0.2) is 0 Å². The number of benzene rings is 1. The second kappa shape index (κ2) is 9.98. The Labute approximate surface area is 222 Å². The molecule has 0 radical (unpaired) electrons. The first-order chi connectivity index (χ1) is 18.5. The highest BCUT2D eigenvalue weighted by atomic mass is 16.5. The van der Waals surface area contributed by atoms with E-state index in [9.17, 15) is 0 Å². The van der Waals surface area contributed by atoms with Gasteiger partial charge < -0.3 is 4.74 Å². The zero-order valence-corrected chi connectivity index (χ0v) is 22.3. The Kier molecular flexibility index (Phi) is 6.37. The van der Waals surface area contributed by atoms with Gasteiger partial charge in [-0.15, -0.1) is 0 Å². The fourth-order valence-corrected chi connectivity index (χ4v) is 5.07. The summed E-state index contributed by atoms with van der Waals surface area (Å²) in [4.78, 5) is 9.74. The molecule has 0 amide bonds. The molecule has 0 fully saturated rings. The Morgan fingerprint density at radius 2 is 1.79 bits per heavy atom. The van der Waals surface area contributed by atoms with Gasteiger partial charge in [0.2, 0.25) is 0 Å². The van der Waals surface area contributed by atoms with E-state index in [1.165, 1.54) is 5.56 Å². The van der Waals surface area contributed by atoms with Gasteiger partial charge >= 0.3 is 0 Å². The highest BCUT2D eigenvalue weighted by molar-refractivity contribution is 5.84. The largest absolute Gasteiger partial charge is 0.383 e. The van der Waals surface area contributed by atoms with Crippen LogP contribution in [0.3, 0.4) is 0 Å². The molecule has 6 rings (SSSR count). The number of hydrogen-bond donors (Lipinski definition) is 0. The number of hydrogen-bond acceptors (Lipinski definition) is 6. The van der Waals surface area contributed by atoms with Crippen LogP contribution >= 0.6 is 0 Å². The summed E-state index contributed by atoms with van der Waals surface area (Å²) in [6.45, 7) is 5.62. The van der Waals surface area contributed by atoms with Crippen molar-refractivity contribution in [3.05, 3.63) is 77.9 Å². The fourth-order valence-electron chi connectivity index (χ4n) is 5.07. The lowest BCUT2D eigenvalue weighted by Gasteiger charge is -2.16. The van der Waals surface area contributed by atoms with Crippen molar-refractivity contribution in [2.45, 2.75) is 45.7 Å². The average Bonchev–Trinajstić information content (AvgIpc) is 3.66. The number of aromatic nitrogens is 8. The van der Waals surface area contributed by atoms with E-state index in [-0.39, 0.29) is 0 Å². The van der Waals surface area contributed by atoms with Gasteiger partial charge in [-0.25, -0.2) is 9.97 Å². The Morgan fingerprint density at radius 1 is 0.974 bits per heavy atom. The minimum absolute atomic E-state index is 0.335. The van der Waals surface area contributed by atoms with Crippen molar-refractivity contribution in [2.24, 2.45) is 7.05 Å². The molecule has 0 N–H and O–H groups in total. The molecule has 9 heteroatoms. The van der Waals surface area contributed by atoms with E-state index in [2.05, 4.69) is 59.5 Å². The summed E-state index contributed by atoms with van der Waals surface area (Å²) in [5, 5.41) is 14.0. The van der Waals surface area contributed by atoms with E-state index in [4.69, 9.17) is 14.8 Å². The zero-order valence-electron chi connectivity index (χ0n) is 22.3. The summed E-state index contributed by atoms with van der Waals surface area (Å²) in [6.07, 6.45) is 10.3. The van der Waals surface area contributed by atoms with Crippen molar-refractivity contribution in [3.8, 4) is 33.6 Å². The molecule has 194 valence electrons. The molecule has 4 aromatic heterocycles. The summed E-state index contributed by atoms with van der Waals surface area (Å²) >= 11 is 0. The molecule has 1 aromatic carbocycles. The van der Waals surface area contributed by atoms with Gasteiger partial charge in [-0.3, -0.25) is 14.0 Å². The van der Waals surface area contributed by atoms with Gasteiger partial charge in [0.05, 0.1) is 48.5 Å². The van der Waals surface area contributed by atoms with Gasteiger partial charge in [-0.1, -0.05) is 24.3 Å². The number of ether oxygens (including phenoxy) is 1. The maximum atomic E-state index is 5.16. The number of rotatable bonds is 8. The molecule has 0 aliphatic heterocycles. The van der Waals surface area contributed by atoms with Gasteiger partial charge in [-0.05, 0) is 43.9 Å². The summed E-state index contributed by atoms with van der Waals surface area (Å²) in [7, 11) is 3.71. The van der Waals surface area contributed by atoms with Crippen LogP contribution in [0.15, 0.2) is 55.1 Å². The van der Waals surface area contributed by atoms with E-state index in [0.717, 1.165) is 70.2 Å². The Morgan fingerprint density at radius 3 is 2.55 bits per heavy atom. The maximum Gasteiger partial charge on any atom is 0.134 e. The molecule has 0 unspecified atom stereocenters. The molecule has 0 spiro atoms. The van der Waals surface area contributed by atoms with Crippen LogP contribution in [-0.2, 0) is 37.6 Å². The molecule has 0 saturated carbocycles. The van der Waals surface area contributed by atoms with Crippen molar-refractivity contribution in [1.29, 1.82) is 0 Å². The standard InChI is InChI=1S/C29H32N8O/c1-19(2)37-18-23(17-31-37)20-5-7-21(8-6-20)29-27-25(34-35(29)3)10-9-22-16-30-26(32-28(22)27)15-24-11-12-36(33-24)13-14-38-4/h5-8,11-12,16-19H,9-10,13-15H2,1-4H3. The van der Waals surface area contributed by atoms with E-state index in [0.29, 0.717) is 19.1 Å². The molecule has 1 aliphatic rings. The number of nitrogens with zero attached hydrogens (tertiary/aromatic N) is 8. The first kappa shape index (κ1) is 24.2. The predicted molar refractivity (Wildman–Crippen MR) is 146 cm³/mol. The van der Waals surface area contributed by atoms with Crippen molar-refractivity contribution >= 4 is 0 Å². The monoisotopic (exact) mass is 508 g/mol.